The molecule has 0 unspecified atom stereocenters. The van der Waals surface area contributed by atoms with Crippen molar-refractivity contribution in [2.75, 3.05) is 42.7 Å². The van der Waals surface area contributed by atoms with E-state index in [-0.39, 0.29) is 45.0 Å². The Balaban J connectivity index is 3.00. The minimum atomic E-state index is -6.50. The van der Waals surface area contributed by atoms with E-state index in [0.29, 0.717) is 0 Å². The van der Waals surface area contributed by atoms with Crippen LogP contribution in [0.1, 0.15) is 0 Å². The number of ether oxygens (including phenoxy) is 6. The first-order valence-corrected chi connectivity index (χ1v) is 16.9. The molecule has 0 aliphatic carbocycles. The molecule has 0 aromatic heterocycles. The van der Waals surface area contributed by atoms with Gasteiger partial charge in [0.15, 0.2) is 0 Å². The summed E-state index contributed by atoms with van der Waals surface area (Å²) >= 11 is -6.50. The molecule has 0 fully saturated rings. The maximum atomic E-state index is 12.5. The first-order valence-electron chi connectivity index (χ1n) is 10.8. The molecule has 3 rings (SSSR count). The number of carbonyl (C=O) groups excluding carboxylic acids is 2. The zero-order chi connectivity index (χ0) is 27.1. The molecule has 0 radical (unpaired) electrons. The Morgan fingerprint density at radius 1 is 0.486 bits per heavy atom. The number of benzene rings is 3. The van der Waals surface area contributed by atoms with Crippen LogP contribution in [-0.2, 0) is 9.59 Å². The molecular weight excluding hydrogens is 590 g/mol. The molecule has 0 spiro atoms. The van der Waals surface area contributed by atoms with Crippen LogP contribution < -0.4 is 39.0 Å². The van der Waals surface area contributed by atoms with E-state index in [1.54, 1.807) is 66.8 Å². The van der Waals surface area contributed by atoms with Gasteiger partial charge in [0.2, 0.25) is 0 Å². The Kier molecular flexibility index (Phi) is 8.51. The molecule has 0 saturated heterocycles. The van der Waals surface area contributed by atoms with Crippen LogP contribution in [0.15, 0.2) is 60.9 Å². The number of isocyanates is 2. The number of hydrogen-bond acceptors (Lipinski definition) is 10. The van der Waals surface area contributed by atoms with Crippen LogP contribution in [0.25, 0.3) is 0 Å². The summed E-state index contributed by atoms with van der Waals surface area (Å²) in [5, 5.41) is 0. The van der Waals surface area contributed by atoms with Crippen molar-refractivity contribution in [1.82, 2.24) is 0 Å². The van der Waals surface area contributed by atoms with E-state index in [4.69, 9.17) is 28.4 Å². The quantitative estimate of drug-likeness (QED) is 0.182. The van der Waals surface area contributed by atoms with Crippen molar-refractivity contribution in [2.45, 2.75) is 0 Å². The average Bonchev–Trinajstić information content (AvgIpc) is 2.95. The van der Waals surface area contributed by atoms with Crippen molar-refractivity contribution in [2.24, 2.45) is 6.30 Å². The van der Waals surface area contributed by atoms with Crippen molar-refractivity contribution in [3.8, 4) is 34.5 Å². The summed E-state index contributed by atoms with van der Waals surface area (Å²) in [7, 11) is 8.64. The second-order valence-corrected chi connectivity index (χ2v) is 18.3. The van der Waals surface area contributed by atoms with Gasteiger partial charge in [-0.25, -0.2) is 0 Å². The Morgan fingerprint density at radius 2 is 0.703 bits per heavy atom. The van der Waals surface area contributed by atoms with Crippen LogP contribution in [0.4, 0.5) is 0 Å². The van der Waals surface area contributed by atoms with Gasteiger partial charge < -0.3 is 0 Å². The topological polar surface area (TPSA) is 114 Å². The third-order valence-electron chi connectivity index (χ3n) is 5.95. The van der Waals surface area contributed by atoms with Crippen molar-refractivity contribution < 1.29 is 38.0 Å². The van der Waals surface area contributed by atoms with Crippen LogP contribution >= 0.6 is 0 Å². The van der Waals surface area contributed by atoms with E-state index < -0.39 is 18.0 Å². The van der Waals surface area contributed by atoms with Gasteiger partial charge in [-0.3, -0.25) is 0 Å². The fourth-order valence-corrected chi connectivity index (χ4v) is 19.2. The first kappa shape index (κ1) is 27.6. The fraction of sp³-hybridized carbons (Fsp3) is 0.231. The maximum absolute atomic E-state index is 12.5. The standard InChI is InChI=1S/3C8H9O2.2CNO.Sb/c3*1-9-7-4-3-5-8(6-7)10-2;2*2-1-3;/h3*3-5H,1-2H3;;;/q;;;2*-1;+2. The van der Waals surface area contributed by atoms with Crippen molar-refractivity contribution in [3.63, 3.8) is 0 Å². The van der Waals surface area contributed by atoms with E-state index in [9.17, 15) is 9.59 Å². The minimum absolute atomic E-state index is 0.220. The van der Waals surface area contributed by atoms with Crippen LogP contribution in [0.3, 0.4) is 0 Å². The molecule has 10 nitrogen and oxygen atoms in total. The van der Waals surface area contributed by atoms with Gasteiger partial charge in [0.1, 0.15) is 0 Å². The third kappa shape index (κ3) is 4.09. The molecule has 3 aromatic carbocycles. The molecule has 0 N–H and O–H groups in total. The van der Waals surface area contributed by atoms with Gasteiger partial charge in [0.25, 0.3) is 0 Å². The van der Waals surface area contributed by atoms with E-state index in [0.717, 1.165) is 0 Å². The molecular formula is C26H27N2O8Sb. The van der Waals surface area contributed by atoms with Crippen molar-refractivity contribution in [3.05, 3.63) is 54.6 Å². The zero-order valence-electron chi connectivity index (χ0n) is 21.3. The molecule has 0 aliphatic heterocycles. The van der Waals surface area contributed by atoms with Gasteiger partial charge in [0, 0.05) is 0 Å². The molecule has 11 heteroatoms. The molecule has 0 atom stereocenters. The van der Waals surface area contributed by atoms with E-state index >= 15 is 0 Å². The number of hydrogen-bond donors (Lipinski definition) is 0. The van der Waals surface area contributed by atoms with Gasteiger partial charge >= 0.3 is 217 Å². The molecule has 37 heavy (non-hydrogen) atoms. The predicted octanol–water partition coefficient (Wildman–Crippen LogP) is 1.83. The van der Waals surface area contributed by atoms with Crippen molar-refractivity contribution in [1.29, 1.82) is 0 Å². The molecule has 0 amide bonds. The summed E-state index contributed by atoms with van der Waals surface area (Å²) in [5.74, 6) is 1.42. The van der Waals surface area contributed by atoms with Crippen LogP contribution in [0, 0.1) is 0 Å². The van der Waals surface area contributed by atoms with Gasteiger partial charge in [-0.1, -0.05) is 0 Å². The predicted molar refractivity (Wildman–Crippen MR) is 140 cm³/mol. The Labute approximate surface area is 216 Å². The first-order chi connectivity index (χ1) is 18.0. The molecule has 0 saturated carbocycles. The Bertz CT molecular complexity index is 1170. The van der Waals surface area contributed by atoms with Crippen LogP contribution in [-0.4, -0.2) is 72.8 Å². The van der Waals surface area contributed by atoms with Gasteiger partial charge in [-0.05, 0) is 0 Å². The SMILES string of the molecule is COc1cccc(OC)[c]1[Sb]([N]=C=O)([N]=C=O)([c]1c(OC)cccc1OC)[c]1c(OC)cccc1OC. The zero-order valence-corrected chi connectivity index (χ0v) is 23.9. The van der Waals surface area contributed by atoms with E-state index in [1.165, 1.54) is 42.7 Å². The Hall–Kier alpha value is -3.96. The molecule has 3 aromatic rings. The third-order valence-corrected chi connectivity index (χ3v) is 19.7. The van der Waals surface area contributed by atoms with Gasteiger partial charge in [0.05, 0.1) is 0 Å². The monoisotopic (exact) mass is 616 g/mol. The van der Waals surface area contributed by atoms with Gasteiger partial charge in [-0.15, -0.1) is 0 Å². The summed E-state index contributed by atoms with van der Waals surface area (Å²) in [6.07, 6.45) is 3.39. The van der Waals surface area contributed by atoms with Crippen LogP contribution in [0.5, 0.6) is 34.5 Å². The van der Waals surface area contributed by atoms with Crippen LogP contribution in [0.2, 0.25) is 0 Å². The summed E-state index contributed by atoms with van der Waals surface area (Å²) in [5.41, 5.74) is 0. The normalized spacial score (nSPS) is 11.6. The summed E-state index contributed by atoms with van der Waals surface area (Å²) in [4.78, 5) is 25.1. The summed E-state index contributed by atoms with van der Waals surface area (Å²) < 4.78 is 44.4. The molecule has 194 valence electrons. The molecule has 0 aliphatic rings. The second-order valence-electron chi connectivity index (χ2n) is 7.44. The summed E-state index contributed by atoms with van der Waals surface area (Å²) in [6, 6.07) is 15.0. The average molecular weight is 617 g/mol. The molecule has 0 bridgehead atoms. The fourth-order valence-electron chi connectivity index (χ4n) is 4.56. The number of rotatable bonds is 11. The van der Waals surface area contributed by atoms with E-state index in [1.807, 2.05) is 0 Å². The number of nitrogens with zero attached hydrogens (tertiary/aromatic N) is 2. The second kappa shape index (κ2) is 11.4. The van der Waals surface area contributed by atoms with E-state index in [2.05, 4.69) is 6.30 Å². The summed E-state index contributed by atoms with van der Waals surface area (Å²) in [6.45, 7) is 0. The van der Waals surface area contributed by atoms with Crippen molar-refractivity contribution >= 4 is 40.6 Å². The number of methoxy groups -OCH3 is 6. The Morgan fingerprint density at radius 3 is 0.865 bits per heavy atom. The molecule has 0 heterocycles. The van der Waals surface area contributed by atoms with Gasteiger partial charge in [-0.2, -0.15) is 0 Å².